The molecule has 8 nitrogen and oxygen atoms in total. The van der Waals surface area contributed by atoms with Crippen molar-refractivity contribution in [2.45, 2.75) is 18.9 Å². The zero-order chi connectivity index (χ0) is 16.1. The highest BCUT2D eigenvalue weighted by Crippen LogP contribution is 2.41. The fraction of sp³-hybridized carbons (Fsp3) is 0.500. The summed E-state index contributed by atoms with van der Waals surface area (Å²) in [7, 11) is 0. The number of hydrogen-bond donors (Lipinski definition) is 1. The number of ether oxygens (including phenoxy) is 1. The van der Waals surface area contributed by atoms with Gasteiger partial charge in [0.2, 0.25) is 0 Å². The van der Waals surface area contributed by atoms with Gasteiger partial charge < -0.3 is 4.74 Å². The van der Waals surface area contributed by atoms with E-state index in [0.29, 0.717) is 17.8 Å². The van der Waals surface area contributed by atoms with Crippen LogP contribution < -0.4 is 5.32 Å². The third-order valence-corrected chi connectivity index (χ3v) is 5.16. The summed E-state index contributed by atoms with van der Waals surface area (Å²) in [6, 6.07) is 2.43. The van der Waals surface area contributed by atoms with Crippen molar-refractivity contribution in [3.63, 3.8) is 0 Å². The highest BCUT2D eigenvalue weighted by molar-refractivity contribution is 5.89. The summed E-state index contributed by atoms with van der Waals surface area (Å²) in [5, 5.41) is 3.19. The van der Waals surface area contributed by atoms with Gasteiger partial charge in [-0.2, -0.15) is 0 Å². The molecule has 0 amide bonds. The first-order valence-corrected chi connectivity index (χ1v) is 8.26. The lowest BCUT2D eigenvalue weighted by molar-refractivity contribution is 0.0364. The Bertz CT molecular complexity index is 816. The second kappa shape index (κ2) is 5.01. The first kappa shape index (κ1) is 13.9. The second-order valence-corrected chi connectivity index (χ2v) is 6.82. The fourth-order valence-electron chi connectivity index (χ4n) is 3.95. The Labute approximate surface area is 139 Å². The molecule has 2 aromatic heterocycles. The second-order valence-electron chi connectivity index (χ2n) is 6.82. The number of aromatic nitrogens is 4. The summed E-state index contributed by atoms with van der Waals surface area (Å²) in [6.45, 7) is 5.99. The van der Waals surface area contributed by atoms with Gasteiger partial charge in [0.15, 0.2) is 0 Å². The van der Waals surface area contributed by atoms with Gasteiger partial charge in [0.1, 0.15) is 29.9 Å². The summed E-state index contributed by atoms with van der Waals surface area (Å²) in [4.78, 5) is 19.8. The highest BCUT2D eigenvalue weighted by Gasteiger charge is 2.54. The first-order chi connectivity index (χ1) is 11.7. The van der Waals surface area contributed by atoms with Crippen LogP contribution in [-0.4, -0.2) is 62.2 Å². The van der Waals surface area contributed by atoms with Crippen LogP contribution in [0.4, 0.5) is 5.82 Å². The molecular weight excluding hydrogens is 306 g/mol. The molecule has 124 valence electrons. The van der Waals surface area contributed by atoms with Crippen molar-refractivity contribution >= 4 is 11.8 Å². The van der Waals surface area contributed by atoms with Gasteiger partial charge >= 0.3 is 0 Å². The van der Waals surface area contributed by atoms with Gasteiger partial charge in [0.25, 0.3) is 6.02 Å². The number of piperidine rings is 1. The van der Waals surface area contributed by atoms with Crippen molar-refractivity contribution in [3.05, 3.63) is 30.6 Å². The van der Waals surface area contributed by atoms with Gasteiger partial charge in [-0.1, -0.05) is 0 Å². The zero-order valence-corrected chi connectivity index (χ0v) is 13.5. The number of anilines is 1. The number of rotatable bonds is 2. The standard InChI is InChI=1S/C16H19N7O/c1-11-5-23(10-20-11)14-4-13(18-9-19-14)21-15-17-7-16(24-15)8-22-3-2-12(16)6-22/h4-5,9-10,12H,2-3,6-8H2,1H3,(H,17,18,19,21). The third-order valence-electron chi connectivity index (χ3n) is 5.16. The number of fused-ring (bicyclic) bond motifs is 3. The third kappa shape index (κ3) is 2.17. The number of nitrogens with zero attached hydrogens (tertiary/aromatic N) is 6. The predicted molar refractivity (Wildman–Crippen MR) is 88.2 cm³/mol. The lowest BCUT2D eigenvalue weighted by Gasteiger charge is -2.32. The minimum atomic E-state index is -0.127. The predicted octanol–water partition coefficient (Wildman–Crippen LogP) is 0.843. The Kier molecular flexibility index (Phi) is 2.90. The fourth-order valence-corrected chi connectivity index (χ4v) is 3.95. The van der Waals surface area contributed by atoms with E-state index in [1.807, 2.05) is 23.8 Å². The van der Waals surface area contributed by atoms with E-state index in [9.17, 15) is 0 Å². The van der Waals surface area contributed by atoms with Crippen LogP contribution in [0.1, 0.15) is 12.1 Å². The maximum atomic E-state index is 6.22. The van der Waals surface area contributed by atoms with E-state index in [1.165, 1.54) is 19.3 Å². The van der Waals surface area contributed by atoms with E-state index in [0.717, 1.165) is 31.1 Å². The van der Waals surface area contributed by atoms with Gasteiger partial charge in [-0.15, -0.1) is 0 Å². The quantitative estimate of drug-likeness (QED) is 0.881. The molecule has 2 aromatic rings. The number of hydrogen-bond acceptors (Lipinski definition) is 7. The van der Waals surface area contributed by atoms with Crippen molar-refractivity contribution in [2.75, 3.05) is 31.5 Å². The highest BCUT2D eigenvalue weighted by atomic mass is 16.5. The molecule has 3 aliphatic rings. The Morgan fingerprint density at radius 3 is 3.04 bits per heavy atom. The van der Waals surface area contributed by atoms with Crippen molar-refractivity contribution in [2.24, 2.45) is 10.9 Å². The molecule has 0 aromatic carbocycles. The molecule has 2 fully saturated rings. The molecule has 0 aliphatic carbocycles. The molecule has 1 N–H and O–H groups in total. The maximum Gasteiger partial charge on any atom is 0.291 e. The molecule has 24 heavy (non-hydrogen) atoms. The van der Waals surface area contributed by atoms with E-state index in [-0.39, 0.29) is 5.60 Å². The Morgan fingerprint density at radius 1 is 1.33 bits per heavy atom. The van der Waals surface area contributed by atoms with E-state index in [4.69, 9.17) is 4.74 Å². The molecule has 5 rings (SSSR count). The molecule has 3 atom stereocenters. The van der Waals surface area contributed by atoms with Crippen LogP contribution in [0.5, 0.6) is 0 Å². The summed E-state index contributed by atoms with van der Waals surface area (Å²) in [5.41, 5.74) is 0.817. The SMILES string of the molecule is Cc1cn(-c2cc(NC3=NCC4(CN5CCC4C5)O3)ncn2)cn1. The molecule has 0 saturated carbocycles. The van der Waals surface area contributed by atoms with Crippen molar-refractivity contribution in [1.29, 1.82) is 0 Å². The summed E-state index contributed by atoms with van der Waals surface area (Å²) < 4.78 is 8.08. The largest absolute Gasteiger partial charge is 0.455 e. The van der Waals surface area contributed by atoms with Crippen molar-refractivity contribution in [1.82, 2.24) is 24.4 Å². The minimum Gasteiger partial charge on any atom is -0.455 e. The van der Waals surface area contributed by atoms with Crippen LogP contribution >= 0.6 is 0 Å². The zero-order valence-electron chi connectivity index (χ0n) is 13.5. The van der Waals surface area contributed by atoms with Crippen LogP contribution in [0, 0.1) is 12.8 Å². The molecule has 3 unspecified atom stereocenters. The van der Waals surface area contributed by atoms with Gasteiger partial charge in [0.05, 0.1) is 12.2 Å². The number of aryl methyl sites for hydroxylation is 1. The molecule has 1 spiro atoms. The van der Waals surface area contributed by atoms with Gasteiger partial charge in [-0.3, -0.25) is 14.8 Å². The molecular formula is C16H19N7O. The normalized spacial score (nSPS) is 30.6. The van der Waals surface area contributed by atoms with Crippen molar-refractivity contribution < 1.29 is 4.74 Å². The Morgan fingerprint density at radius 2 is 2.29 bits per heavy atom. The molecule has 3 aliphatic heterocycles. The van der Waals surface area contributed by atoms with Crippen LogP contribution in [-0.2, 0) is 4.74 Å². The minimum absolute atomic E-state index is 0.127. The number of imidazole rings is 1. The molecule has 5 heterocycles. The topological polar surface area (TPSA) is 80.5 Å². The number of aliphatic imine (C=N–C) groups is 1. The first-order valence-electron chi connectivity index (χ1n) is 8.26. The van der Waals surface area contributed by atoms with Gasteiger partial charge in [-0.25, -0.2) is 19.9 Å². The number of nitrogens with one attached hydrogen (secondary N) is 1. The van der Waals surface area contributed by atoms with Crippen LogP contribution in [0.2, 0.25) is 0 Å². The van der Waals surface area contributed by atoms with Crippen LogP contribution in [0.15, 0.2) is 29.9 Å². The Balaban J connectivity index is 1.32. The lowest BCUT2D eigenvalue weighted by Crippen LogP contribution is -2.46. The van der Waals surface area contributed by atoms with Crippen LogP contribution in [0.25, 0.3) is 5.82 Å². The molecule has 0 radical (unpaired) electrons. The van der Waals surface area contributed by atoms with Gasteiger partial charge in [0, 0.05) is 31.3 Å². The van der Waals surface area contributed by atoms with Crippen molar-refractivity contribution in [3.8, 4) is 5.82 Å². The van der Waals surface area contributed by atoms with E-state index in [1.54, 1.807) is 6.33 Å². The summed E-state index contributed by atoms with van der Waals surface area (Å²) >= 11 is 0. The smallest absolute Gasteiger partial charge is 0.291 e. The molecule has 8 heteroatoms. The number of amidine groups is 1. The van der Waals surface area contributed by atoms with E-state index >= 15 is 0 Å². The van der Waals surface area contributed by atoms with E-state index in [2.05, 4.69) is 30.2 Å². The monoisotopic (exact) mass is 325 g/mol. The maximum absolute atomic E-state index is 6.22. The Hall–Kier alpha value is -2.48. The molecule has 2 bridgehead atoms. The average Bonchev–Trinajstić information content (AvgIpc) is 3.34. The van der Waals surface area contributed by atoms with Crippen LogP contribution in [0.3, 0.4) is 0 Å². The van der Waals surface area contributed by atoms with Gasteiger partial charge in [-0.05, 0) is 19.9 Å². The molecule has 2 saturated heterocycles. The summed E-state index contributed by atoms with van der Waals surface area (Å²) in [6.07, 6.45) is 6.40. The summed E-state index contributed by atoms with van der Waals surface area (Å²) in [5.74, 6) is 2.02. The average molecular weight is 325 g/mol. The van der Waals surface area contributed by atoms with E-state index < -0.39 is 0 Å². The lowest BCUT2D eigenvalue weighted by atomic mass is 9.88.